The molecule has 0 saturated heterocycles. The predicted molar refractivity (Wildman–Crippen MR) is 125 cm³/mol. The summed E-state index contributed by atoms with van der Waals surface area (Å²) in [4.78, 5) is 25.2. The van der Waals surface area contributed by atoms with E-state index in [0.717, 1.165) is 69.1 Å². The summed E-state index contributed by atoms with van der Waals surface area (Å²) in [7, 11) is 0. The molecule has 8 aliphatic carbocycles. The molecular formula is C28H40O6. The molecule has 8 rings (SSSR count). The minimum Gasteiger partial charge on any atom is -0.456 e. The van der Waals surface area contributed by atoms with Crippen molar-refractivity contribution in [1.29, 1.82) is 0 Å². The second-order valence-corrected chi connectivity index (χ2v) is 13.1. The van der Waals surface area contributed by atoms with Gasteiger partial charge in [-0.3, -0.25) is 0 Å². The van der Waals surface area contributed by atoms with Crippen LogP contribution in [-0.2, 0) is 28.5 Å². The van der Waals surface area contributed by atoms with Crippen molar-refractivity contribution in [3.63, 3.8) is 0 Å². The lowest BCUT2D eigenvalue weighted by Gasteiger charge is -2.61. The predicted octanol–water partition coefficient (Wildman–Crippen LogP) is 5.09. The zero-order valence-electron chi connectivity index (χ0n) is 20.8. The summed E-state index contributed by atoms with van der Waals surface area (Å²) in [5, 5.41) is 0. The molecule has 6 heteroatoms. The Morgan fingerprint density at radius 1 is 0.824 bits per heavy atom. The van der Waals surface area contributed by atoms with Crippen molar-refractivity contribution in [2.45, 2.75) is 114 Å². The van der Waals surface area contributed by atoms with Crippen molar-refractivity contribution in [3.8, 4) is 0 Å². The Hall–Kier alpha value is -1.40. The molecule has 0 aliphatic heterocycles. The third-order valence-corrected chi connectivity index (χ3v) is 9.92. The van der Waals surface area contributed by atoms with E-state index in [-0.39, 0.29) is 24.3 Å². The van der Waals surface area contributed by atoms with Crippen molar-refractivity contribution in [1.82, 2.24) is 0 Å². The highest BCUT2D eigenvalue weighted by Gasteiger charge is 2.61. The molecule has 0 aromatic heterocycles. The maximum atomic E-state index is 12.9. The van der Waals surface area contributed by atoms with Gasteiger partial charge in [-0.25, -0.2) is 9.59 Å². The fourth-order valence-electron chi connectivity index (χ4n) is 9.60. The van der Waals surface area contributed by atoms with Crippen LogP contribution in [0.3, 0.4) is 0 Å². The molecule has 0 spiro atoms. The highest BCUT2D eigenvalue weighted by molar-refractivity contribution is 5.87. The van der Waals surface area contributed by atoms with E-state index in [1.165, 1.54) is 19.3 Å². The van der Waals surface area contributed by atoms with Crippen LogP contribution in [0.2, 0.25) is 0 Å². The Kier molecular flexibility index (Phi) is 5.46. The molecule has 8 fully saturated rings. The van der Waals surface area contributed by atoms with E-state index in [9.17, 15) is 9.59 Å². The first-order valence-corrected chi connectivity index (χ1v) is 13.5. The van der Waals surface area contributed by atoms with Crippen LogP contribution >= 0.6 is 0 Å². The monoisotopic (exact) mass is 472 g/mol. The van der Waals surface area contributed by atoms with Crippen LogP contribution in [0.15, 0.2) is 12.2 Å². The number of ether oxygens (including phenoxy) is 4. The maximum Gasteiger partial charge on any atom is 0.337 e. The molecule has 0 radical (unpaired) electrons. The van der Waals surface area contributed by atoms with Crippen LogP contribution in [0, 0.1) is 29.6 Å². The molecule has 8 aliphatic rings. The van der Waals surface area contributed by atoms with Gasteiger partial charge in [0.2, 0.25) is 0 Å². The summed E-state index contributed by atoms with van der Waals surface area (Å²) in [6, 6.07) is 0. The third-order valence-electron chi connectivity index (χ3n) is 9.92. The molecule has 8 bridgehead atoms. The Bertz CT molecular complexity index is 827. The normalized spacial score (nSPS) is 46.4. The molecule has 0 aromatic rings. The summed E-state index contributed by atoms with van der Waals surface area (Å²) in [5.74, 6) is 2.67. The van der Waals surface area contributed by atoms with Gasteiger partial charge in [0.1, 0.15) is 5.60 Å². The van der Waals surface area contributed by atoms with Gasteiger partial charge in [0.15, 0.2) is 12.9 Å². The zero-order chi connectivity index (χ0) is 23.7. The number of rotatable bonds is 8. The van der Waals surface area contributed by atoms with Gasteiger partial charge in [-0.2, -0.15) is 0 Å². The molecule has 0 aromatic carbocycles. The van der Waals surface area contributed by atoms with Gasteiger partial charge in [0, 0.05) is 12.0 Å². The van der Waals surface area contributed by atoms with E-state index >= 15 is 0 Å². The van der Waals surface area contributed by atoms with Crippen molar-refractivity contribution in [2.24, 2.45) is 29.6 Å². The third kappa shape index (κ3) is 4.13. The van der Waals surface area contributed by atoms with Crippen LogP contribution in [0.4, 0.5) is 0 Å². The van der Waals surface area contributed by atoms with E-state index < -0.39 is 17.3 Å². The Morgan fingerprint density at radius 2 is 1.32 bits per heavy atom. The first-order chi connectivity index (χ1) is 16.1. The van der Waals surface area contributed by atoms with Gasteiger partial charge in [-0.05, 0) is 114 Å². The van der Waals surface area contributed by atoms with Crippen LogP contribution < -0.4 is 0 Å². The molecule has 0 heterocycles. The van der Waals surface area contributed by atoms with E-state index in [1.807, 2.05) is 0 Å². The molecule has 0 N–H and O–H groups in total. The minimum atomic E-state index is -0.662. The van der Waals surface area contributed by atoms with E-state index in [0.29, 0.717) is 23.8 Å². The van der Waals surface area contributed by atoms with Crippen molar-refractivity contribution >= 4 is 11.9 Å². The molecule has 8 saturated carbocycles. The Labute approximate surface area is 203 Å². The fraction of sp³-hybridized carbons (Fsp3) is 0.857. The molecule has 3 unspecified atom stereocenters. The average molecular weight is 473 g/mol. The highest BCUT2D eigenvalue weighted by atomic mass is 16.7. The lowest BCUT2D eigenvalue weighted by Crippen LogP contribution is -2.62. The maximum absolute atomic E-state index is 12.9. The average Bonchev–Trinajstić information content (AvgIpc) is 2.70. The summed E-state index contributed by atoms with van der Waals surface area (Å²) >= 11 is 0. The van der Waals surface area contributed by atoms with Gasteiger partial charge >= 0.3 is 11.9 Å². The molecule has 34 heavy (non-hydrogen) atoms. The topological polar surface area (TPSA) is 71.1 Å². The summed E-state index contributed by atoms with van der Waals surface area (Å²) < 4.78 is 24.4. The fourth-order valence-corrected chi connectivity index (χ4v) is 9.60. The van der Waals surface area contributed by atoms with Gasteiger partial charge in [0.05, 0.1) is 11.2 Å². The number of hydrogen-bond donors (Lipinski definition) is 0. The molecule has 3 atom stereocenters. The summed E-state index contributed by atoms with van der Waals surface area (Å²) in [6.07, 6.45) is 12.3. The van der Waals surface area contributed by atoms with E-state index in [1.54, 1.807) is 13.8 Å². The zero-order valence-corrected chi connectivity index (χ0v) is 20.8. The van der Waals surface area contributed by atoms with Gasteiger partial charge in [-0.1, -0.05) is 6.58 Å². The molecular weight excluding hydrogens is 432 g/mol. The molecule has 0 amide bonds. The van der Waals surface area contributed by atoms with Gasteiger partial charge < -0.3 is 18.9 Å². The first kappa shape index (κ1) is 23.0. The molecule has 6 nitrogen and oxygen atoms in total. The van der Waals surface area contributed by atoms with Crippen LogP contribution in [-0.4, -0.2) is 41.6 Å². The van der Waals surface area contributed by atoms with Gasteiger partial charge in [-0.15, -0.1) is 0 Å². The number of carbonyl (C=O) groups is 2. The van der Waals surface area contributed by atoms with E-state index in [4.69, 9.17) is 18.9 Å². The largest absolute Gasteiger partial charge is 0.456 e. The summed E-state index contributed by atoms with van der Waals surface area (Å²) in [6.45, 7) is 7.26. The van der Waals surface area contributed by atoms with Crippen LogP contribution in [0.25, 0.3) is 0 Å². The lowest BCUT2D eigenvalue weighted by atomic mass is 9.52. The number of carbonyl (C=O) groups excluding carboxylic acids is 2. The first-order valence-electron chi connectivity index (χ1n) is 13.5. The second-order valence-electron chi connectivity index (χ2n) is 13.1. The SMILES string of the molecule is C=C(C)C(=O)OC12CC3CC(C1)CC(OC(C)C(=O)OCOC14CC5CC(CC(C5)C1)C4)(C3)C2. The summed E-state index contributed by atoms with van der Waals surface area (Å²) in [5.41, 5.74) is -0.538. The lowest BCUT2D eigenvalue weighted by molar-refractivity contribution is -0.250. The van der Waals surface area contributed by atoms with Crippen LogP contribution in [0.1, 0.15) is 90.9 Å². The minimum absolute atomic E-state index is 0.0249. The van der Waals surface area contributed by atoms with Crippen LogP contribution in [0.5, 0.6) is 0 Å². The van der Waals surface area contributed by atoms with Crippen molar-refractivity contribution in [2.75, 3.05) is 6.79 Å². The van der Waals surface area contributed by atoms with E-state index in [2.05, 4.69) is 6.58 Å². The Morgan fingerprint density at radius 3 is 1.88 bits per heavy atom. The van der Waals surface area contributed by atoms with Crippen molar-refractivity contribution < 1.29 is 28.5 Å². The smallest absolute Gasteiger partial charge is 0.337 e. The second kappa shape index (κ2) is 8.06. The highest BCUT2D eigenvalue weighted by Crippen LogP contribution is 2.61. The standard InChI is InChI=1S/C28H40O6/c1-17(2)24(29)34-28-13-22-7-23(14-28)12-27(11-22,15-28)33-18(3)25(30)31-16-32-26-8-19-4-20(9-26)6-21(5-19)10-26/h18-23H,1,4-16H2,2-3H3. The Balaban J connectivity index is 1.05. The number of hydrogen-bond acceptors (Lipinski definition) is 6. The van der Waals surface area contributed by atoms with Gasteiger partial charge in [0.25, 0.3) is 0 Å². The van der Waals surface area contributed by atoms with Crippen molar-refractivity contribution in [3.05, 3.63) is 12.2 Å². The number of esters is 2. The molecule has 188 valence electrons. The quantitative estimate of drug-likeness (QED) is 0.278.